The molecule has 1 amide bonds. The first-order valence-electron chi connectivity index (χ1n) is 7.16. The van der Waals surface area contributed by atoms with Gasteiger partial charge in [-0.3, -0.25) is 4.79 Å². The predicted octanol–water partition coefficient (Wildman–Crippen LogP) is 3.36. The van der Waals surface area contributed by atoms with Crippen molar-refractivity contribution in [2.45, 2.75) is 38.1 Å². The SMILES string of the molecule is CN(C(=O)/C=C/c1ccccc1C#N)C1CCCCC1. The highest BCUT2D eigenvalue weighted by Gasteiger charge is 2.20. The van der Waals surface area contributed by atoms with Gasteiger partial charge in [0, 0.05) is 19.2 Å². The van der Waals surface area contributed by atoms with E-state index in [9.17, 15) is 4.79 Å². The van der Waals surface area contributed by atoms with E-state index in [1.54, 1.807) is 18.2 Å². The van der Waals surface area contributed by atoms with Crippen molar-refractivity contribution >= 4 is 12.0 Å². The van der Waals surface area contributed by atoms with Crippen molar-refractivity contribution in [3.63, 3.8) is 0 Å². The zero-order chi connectivity index (χ0) is 14.4. The van der Waals surface area contributed by atoms with Crippen molar-refractivity contribution in [2.24, 2.45) is 0 Å². The number of rotatable bonds is 3. The average Bonchev–Trinajstić information content (AvgIpc) is 2.53. The highest BCUT2D eigenvalue weighted by atomic mass is 16.2. The summed E-state index contributed by atoms with van der Waals surface area (Å²) in [4.78, 5) is 14.0. The van der Waals surface area contributed by atoms with Gasteiger partial charge in [0.25, 0.3) is 0 Å². The molecule has 0 heterocycles. The molecule has 0 N–H and O–H groups in total. The van der Waals surface area contributed by atoms with Crippen LogP contribution in [0, 0.1) is 11.3 Å². The standard InChI is InChI=1S/C17H20N2O/c1-19(16-9-3-2-4-10-16)17(20)12-11-14-7-5-6-8-15(14)13-18/h5-8,11-12,16H,2-4,9-10H2,1H3/b12-11+. The highest BCUT2D eigenvalue weighted by molar-refractivity contribution is 5.92. The Morgan fingerprint density at radius 2 is 2.00 bits per heavy atom. The first kappa shape index (κ1) is 14.3. The van der Waals surface area contributed by atoms with Gasteiger partial charge in [0.2, 0.25) is 5.91 Å². The fourth-order valence-electron chi connectivity index (χ4n) is 2.67. The lowest BCUT2D eigenvalue weighted by atomic mass is 9.94. The molecule has 0 unspecified atom stereocenters. The van der Waals surface area contributed by atoms with Gasteiger partial charge in [-0.15, -0.1) is 0 Å². The summed E-state index contributed by atoms with van der Waals surface area (Å²) in [6.45, 7) is 0. The minimum Gasteiger partial charge on any atom is -0.339 e. The summed E-state index contributed by atoms with van der Waals surface area (Å²) in [5.41, 5.74) is 1.39. The van der Waals surface area contributed by atoms with Gasteiger partial charge in [-0.25, -0.2) is 0 Å². The minimum atomic E-state index is 0.0182. The van der Waals surface area contributed by atoms with Gasteiger partial charge in [0.1, 0.15) is 0 Å². The fraction of sp³-hybridized carbons (Fsp3) is 0.412. The normalized spacial score (nSPS) is 16.0. The molecule has 3 nitrogen and oxygen atoms in total. The summed E-state index contributed by atoms with van der Waals surface area (Å²) >= 11 is 0. The quantitative estimate of drug-likeness (QED) is 0.789. The number of nitrogens with zero attached hydrogens (tertiary/aromatic N) is 2. The van der Waals surface area contributed by atoms with Crippen LogP contribution in [0.25, 0.3) is 6.08 Å². The first-order chi connectivity index (χ1) is 9.72. The van der Waals surface area contributed by atoms with Crippen LogP contribution < -0.4 is 0 Å². The lowest BCUT2D eigenvalue weighted by molar-refractivity contribution is -0.127. The van der Waals surface area contributed by atoms with E-state index in [4.69, 9.17) is 5.26 Å². The Balaban J connectivity index is 2.03. The summed E-state index contributed by atoms with van der Waals surface area (Å²) in [7, 11) is 1.87. The largest absolute Gasteiger partial charge is 0.339 e. The zero-order valence-electron chi connectivity index (χ0n) is 11.9. The van der Waals surface area contributed by atoms with E-state index in [0.29, 0.717) is 11.6 Å². The van der Waals surface area contributed by atoms with Crippen LogP contribution in [-0.4, -0.2) is 23.9 Å². The lowest BCUT2D eigenvalue weighted by Crippen LogP contribution is -2.37. The Bertz CT molecular complexity index is 536. The molecule has 20 heavy (non-hydrogen) atoms. The number of carbonyl (C=O) groups excluding carboxylic acids is 1. The van der Waals surface area contributed by atoms with E-state index in [1.165, 1.54) is 19.3 Å². The maximum Gasteiger partial charge on any atom is 0.246 e. The molecule has 0 saturated heterocycles. The summed E-state index contributed by atoms with van der Waals surface area (Å²) in [5.74, 6) is 0.0182. The fourth-order valence-corrected chi connectivity index (χ4v) is 2.67. The van der Waals surface area contributed by atoms with Crippen LogP contribution >= 0.6 is 0 Å². The second-order valence-electron chi connectivity index (χ2n) is 5.27. The molecule has 0 radical (unpaired) electrons. The van der Waals surface area contributed by atoms with Crippen LogP contribution in [0.4, 0.5) is 0 Å². The second kappa shape index (κ2) is 6.91. The van der Waals surface area contributed by atoms with Crippen molar-refractivity contribution in [1.29, 1.82) is 5.26 Å². The molecular formula is C17H20N2O. The molecule has 1 aromatic carbocycles. The van der Waals surface area contributed by atoms with Gasteiger partial charge in [0.15, 0.2) is 0 Å². The number of benzene rings is 1. The van der Waals surface area contributed by atoms with Crippen LogP contribution in [-0.2, 0) is 4.79 Å². The van der Waals surface area contributed by atoms with E-state index in [1.807, 2.05) is 30.1 Å². The van der Waals surface area contributed by atoms with Gasteiger partial charge in [-0.2, -0.15) is 5.26 Å². The maximum atomic E-state index is 12.2. The Labute approximate surface area is 120 Å². The summed E-state index contributed by atoms with van der Waals surface area (Å²) in [5, 5.41) is 9.02. The molecule has 1 fully saturated rings. The molecule has 2 rings (SSSR count). The van der Waals surface area contributed by atoms with Gasteiger partial charge in [-0.1, -0.05) is 37.5 Å². The summed E-state index contributed by atoms with van der Waals surface area (Å²) in [6, 6.07) is 9.81. The van der Waals surface area contributed by atoms with E-state index in [0.717, 1.165) is 18.4 Å². The molecule has 0 spiro atoms. The van der Waals surface area contributed by atoms with E-state index in [2.05, 4.69) is 6.07 Å². The van der Waals surface area contributed by atoms with Crippen molar-refractivity contribution in [2.75, 3.05) is 7.05 Å². The Kier molecular flexibility index (Phi) is 4.95. The van der Waals surface area contributed by atoms with Crippen LogP contribution in [0.3, 0.4) is 0 Å². The molecule has 1 saturated carbocycles. The number of amides is 1. The Morgan fingerprint density at radius 3 is 2.70 bits per heavy atom. The third kappa shape index (κ3) is 3.48. The zero-order valence-corrected chi connectivity index (χ0v) is 11.9. The third-order valence-electron chi connectivity index (χ3n) is 3.96. The van der Waals surface area contributed by atoms with Crippen LogP contribution in [0.5, 0.6) is 0 Å². The van der Waals surface area contributed by atoms with Crippen molar-refractivity contribution in [3.8, 4) is 6.07 Å². The monoisotopic (exact) mass is 268 g/mol. The predicted molar refractivity (Wildman–Crippen MR) is 79.8 cm³/mol. The highest BCUT2D eigenvalue weighted by Crippen LogP contribution is 2.22. The lowest BCUT2D eigenvalue weighted by Gasteiger charge is -2.30. The first-order valence-corrected chi connectivity index (χ1v) is 7.16. The van der Waals surface area contributed by atoms with E-state index in [-0.39, 0.29) is 5.91 Å². The number of hydrogen-bond acceptors (Lipinski definition) is 2. The van der Waals surface area contributed by atoms with Gasteiger partial charge in [-0.05, 0) is 30.5 Å². The smallest absolute Gasteiger partial charge is 0.246 e. The van der Waals surface area contributed by atoms with Crippen molar-refractivity contribution < 1.29 is 4.79 Å². The van der Waals surface area contributed by atoms with Crippen molar-refractivity contribution in [1.82, 2.24) is 4.90 Å². The molecule has 3 heteroatoms. The summed E-state index contributed by atoms with van der Waals surface area (Å²) in [6.07, 6.45) is 9.22. The van der Waals surface area contributed by atoms with Crippen molar-refractivity contribution in [3.05, 3.63) is 41.5 Å². The minimum absolute atomic E-state index is 0.0182. The third-order valence-corrected chi connectivity index (χ3v) is 3.96. The molecule has 1 aliphatic carbocycles. The number of carbonyl (C=O) groups is 1. The second-order valence-corrected chi connectivity index (χ2v) is 5.27. The molecule has 104 valence electrons. The van der Waals surface area contributed by atoms with Crippen LogP contribution in [0.2, 0.25) is 0 Å². The molecule has 1 aliphatic rings. The van der Waals surface area contributed by atoms with Gasteiger partial charge >= 0.3 is 0 Å². The van der Waals surface area contributed by atoms with Gasteiger partial charge in [0.05, 0.1) is 11.6 Å². The molecule has 0 aliphatic heterocycles. The number of hydrogen-bond donors (Lipinski definition) is 0. The maximum absolute atomic E-state index is 12.2. The van der Waals surface area contributed by atoms with E-state index < -0.39 is 0 Å². The summed E-state index contributed by atoms with van der Waals surface area (Å²) < 4.78 is 0. The molecular weight excluding hydrogens is 248 g/mol. The Morgan fingerprint density at radius 1 is 1.30 bits per heavy atom. The molecule has 0 aromatic heterocycles. The molecule has 0 atom stereocenters. The number of nitriles is 1. The Hall–Kier alpha value is -2.08. The van der Waals surface area contributed by atoms with Crippen LogP contribution in [0.15, 0.2) is 30.3 Å². The molecule has 1 aromatic rings. The van der Waals surface area contributed by atoms with Crippen LogP contribution in [0.1, 0.15) is 43.2 Å². The topological polar surface area (TPSA) is 44.1 Å². The van der Waals surface area contributed by atoms with E-state index >= 15 is 0 Å². The number of likely N-dealkylation sites (N-methyl/N-ethyl adjacent to an activating group) is 1. The van der Waals surface area contributed by atoms with Gasteiger partial charge < -0.3 is 4.90 Å². The average molecular weight is 268 g/mol. The molecule has 0 bridgehead atoms.